The lowest BCUT2D eigenvalue weighted by molar-refractivity contribution is 0.624. The molecule has 3 heteroatoms. The van der Waals surface area contributed by atoms with Crippen LogP contribution >= 0.6 is 0 Å². The molecule has 12 heavy (non-hydrogen) atoms. The Morgan fingerprint density at radius 1 is 1.58 bits per heavy atom. The van der Waals surface area contributed by atoms with E-state index >= 15 is 0 Å². The first-order valence-electron chi connectivity index (χ1n) is 4.05. The van der Waals surface area contributed by atoms with E-state index in [2.05, 4.69) is 25.0 Å². The summed E-state index contributed by atoms with van der Waals surface area (Å²) in [4.78, 5) is 0. The highest BCUT2D eigenvalue weighted by molar-refractivity contribution is 5.85. The minimum Gasteiger partial charge on any atom is -0.385 e. The zero-order valence-corrected chi connectivity index (χ0v) is 7.49. The monoisotopic (exact) mass is 165 g/mol. The predicted octanol–water partition coefficient (Wildman–Crippen LogP) is 0.986. The SMILES string of the molecule is CC1=CC(C)C(/C(N)=N/N)C=C1. The van der Waals surface area contributed by atoms with Crippen molar-refractivity contribution in [2.24, 2.45) is 28.5 Å². The topological polar surface area (TPSA) is 64.4 Å². The van der Waals surface area contributed by atoms with Gasteiger partial charge in [0.15, 0.2) is 0 Å². The van der Waals surface area contributed by atoms with Crippen LogP contribution in [0.25, 0.3) is 0 Å². The molecule has 1 aliphatic rings. The second-order valence-corrected chi connectivity index (χ2v) is 3.21. The molecule has 0 aliphatic heterocycles. The molecule has 0 heterocycles. The Morgan fingerprint density at radius 3 is 2.75 bits per heavy atom. The predicted molar refractivity (Wildman–Crippen MR) is 51.4 cm³/mol. The summed E-state index contributed by atoms with van der Waals surface area (Å²) in [5, 5.41) is 3.50. The van der Waals surface area contributed by atoms with Gasteiger partial charge in [-0.3, -0.25) is 0 Å². The number of nitrogens with zero attached hydrogens (tertiary/aromatic N) is 1. The van der Waals surface area contributed by atoms with Gasteiger partial charge in [0.25, 0.3) is 0 Å². The molecule has 0 aromatic carbocycles. The van der Waals surface area contributed by atoms with Crippen LogP contribution in [0.1, 0.15) is 13.8 Å². The molecule has 1 aliphatic carbocycles. The van der Waals surface area contributed by atoms with E-state index in [0.717, 1.165) is 0 Å². The van der Waals surface area contributed by atoms with Crippen molar-refractivity contribution in [2.75, 3.05) is 0 Å². The van der Waals surface area contributed by atoms with E-state index in [9.17, 15) is 0 Å². The van der Waals surface area contributed by atoms with Crippen LogP contribution in [0, 0.1) is 11.8 Å². The smallest absolute Gasteiger partial charge is 0.126 e. The lowest BCUT2D eigenvalue weighted by Gasteiger charge is -2.20. The first kappa shape index (κ1) is 8.84. The third kappa shape index (κ3) is 1.67. The fraction of sp³-hybridized carbons (Fsp3) is 0.444. The van der Waals surface area contributed by atoms with Crippen LogP contribution in [0.5, 0.6) is 0 Å². The zero-order valence-electron chi connectivity index (χ0n) is 7.49. The van der Waals surface area contributed by atoms with Gasteiger partial charge in [0.2, 0.25) is 0 Å². The molecule has 0 saturated carbocycles. The molecule has 1 rings (SSSR count). The van der Waals surface area contributed by atoms with E-state index in [4.69, 9.17) is 11.6 Å². The van der Waals surface area contributed by atoms with Gasteiger partial charge in [-0.1, -0.05) is 30.7 Å². The normalized spacial score (nSPS) is 30.2. The van der Waals surface area contributed by atoms with Gasteiger partial charge in [-0.25, -0.2) is 0 Å². The summed E-state index contributed by atoms with van der Waals surface area (Å²) in [5.41, 5.74) is 6.90. The van der Waals surface area contributed by atoms with E-state index in [0.29, 0.717) is 11.8 Å². The van der Waals surface area contributed by atoms with Crippen molar-refractivity contribution in [2.45, 2.75) is 13.8 Å². The number of rotatable bonds is 1. The van der Waals surface area contributed by atoms with Crippen LogP contribution in [0.4, 0.5) is 0 Å². The van der Waals surface area contributed by atoms with Gasteiger partial charge in [-0.15, -0.1) is 0 Å². The Kier molecular flexibility index (Phi) is 2.53. The molecule has 0 radical (unpaired) electrons. The van der Waals surface area contributed by atoms with E-state index < -0.39 is 0 Å². The second-order valence-electron chi connectivity index (χ2n) is 3.21. The summed E-state index contributed by atoms with van der Waals surface area (Å²) in [6.45, 7) is 4.18. The van der Waals surface area contributed by atoms with Crippen LogP contribution in [0.2, 0.25) is 0 Å². The molecule has 0 aromatic rings. The van der Waals surface area contributed by atoms with Crippen LogP contribution < -0.4 is 11.6 Å². The Bertz CT molecular complexity index is 250. The Labute approximate surface area is 72.8 Å². The van der Waals surface area contributed by atoms with Gasteiger partial charge in [0, 0.05) is 5.92 Å². The largest absolute Gasteiger partial charge is 0.385 e. The minimum atomic E-state index is 0.165. The second kappa shape index (κ2) is 3.43. The summed E-state index contributed by atoms with van der Waals surface area (Å²) in [7, 11) is 0. The lowest BCUT2D eigenvalue weighted by atomic mass is 9.87. The number of allylic oxidation sites excluding steroid dienone is 3. The van der Waals surface area contributed by atoms with Crippen molar-refractivity contribution in [3.05, 3.63) is 23.8 Å². The summed E-state index contributed by atoms with van der Waals surface area (Å²) in [5.74, 6) is 6.17. The Balaban J connectivity index is 2.79. The molecule has 2 unspecified atom stereocenters. The quantitative estimate of drug-likeness (QED) is 0.263. The third-order valence-corrected chi connectivity index (χ3v) is 2.15. The summed E-state index contributed by atoms with van der Waals surface area (Å²) < 4.78 is 0. The molecule has 4 N–H and O–H groups in total. The number of amidine groups is 1. The summed E-state index contributed by atoms with van der Waals surface area (Å²) >= 11 is 0. The van der Waals surface area contributed by atoms with Gasteiger partial charge < -0.3 is 11.6 Å². The van der Waals surface area contributed by atoms with Crippen molar-refractivity contribution in [3.63, 3.8) is 0 Å². The number of nitrogens with two attached hydrogens (primary N) is 2. The average Bonchev–Trinajstić information content (AvgIpc) is 2.03. The maximum atomic E-state index is 5.63. The van der Waals surface area contributed by atoms with Crippen molar-refractivity contribution in [1.29, 1.82) is 0 Å². The molecule has 0 saturated heterocycles. The Hall–Kier alpha value is -1.25. The van der Waals surface area contributed by atoms with Crippen molar-refractivity contribution >= 4 is 5.84 Å². The lowest BCUT2D eigenvalue weighted by Crippen LogP contribution is -2.29. The number of hydrazone groups is 1. The molecule has 3 nitrogen and oxygen atoms in total. The van der Waals surface area contributed by atoms with Gasteiger partial charge >= 0.3 is 0 Å². The minimum absolute atomic E-state index is 0.165. The van der Waals surface area contributed by atoms with Crippen LogP contribution in [0.15, 0.2) is 28.9 Å². The highest BCUT2D eigenvalue weighted by Crippen LogP contribution is 2.22. The highest BCUT2D eigenvalue weighted by atomic mass is 15.2. The van der Waals surface area contributed by atoms with Crippen molar-refractivity contribution in [1.82, 2.24) is 0 Å². The Morgan fingerprint density at radius 2 is 2.25 bits per heavy atom. The molecular weight excluding hydrogens is 150 g/mol. The molecule has 0 spiro atoms. The van der Waals surface area contributed by atoms with E-state index in [1.54, 1.807) is 0 Å². The fourth-order valence-electron chi connectivity index (χ4n) is 1.46. The van der Waals surface area contributed by atoms with Gasteiger partial charge in [-0.05, 0) is 12.8 Å². The van der Waals surface area contributed by atoms with Crippen molar-refractivity contribution in [3.8, 4) is 0 Å². The molecule has 0 aromatic heterocycles. The molecule has 0 amide bonds. The zero-order chi connectivity index (χ0) is 9.14. The van der Waals surface area contributed by atoms with Crippen LogP contribution in [-0.2, 0) is 0 Å². The molecule has 66 valence electrons. The molecular formula is C9H15N3. The average molecular weight is 165 g/mol. The highest BCUT2D eigenvalue weighted by Gasteiger charge is 2.18. The van der Waals surface area contributed by atoms with Crippen LogP contribution in [-0.4, -0.2) is 5.84 Å². The van der Waals surface area contributed by atoms with Gasteiger partial charge in [-0.2, -0.15) is 5.10 Å². The van der Waals surface area contributed by atoms with E-state index in [-0.39, 0.29) is 5.92 Å². The van der Waals surface area contributed by atoms with Gasteiger partial charge in [0.1, 0.15) is 5.84 Å². The first-order chi connectivity index (χ1) is 5.65. The summed E-state index contributed by atoms with van der Waals surface area (Å²) in [6.07, 6.45) is 6.26. The molecule has 2 atom stereocenters. The van der Waals surface area contributed by atoms with Crippen molar-refractivity contribution < 1.29 is 0 Å². The fourth-order valence-corrected chi connectivity index (χ4v) is 1.46. The first-order valence-corrected chi connectivity index (χ1v) is 4.05. The maximum Gasteiger partial charge on any atom is 0.126 e. The van der Waals surface area contributed by atoms with Crippen LogP contribution in [0.3, 0.4) is 0 Å². The van der Waals surface area contributed by atoms with E-state index in [1.807, 2.05) is 12.2 Å². The standard InChI is InChI=1S/C9H15N3/c1-6-3-4-8(7(2)5-6)9(10)12-11/h3-5,7-8H,11H2,1-2H3,(H2,10,12). The van der Waals surface area contributed by atoms with E-state index in [1.165, 1.54) is 5.57 Å². The maximum absolute atomic E-state index is 5.63. The molecule has 0 bridgehead atoms. The van der Waals surface area contributed by atoms with Gasteiger partial charge in [0.05, 0.1) is 0 Å². The number of hydrogen-bond donors (Lipinski definition) is 2. The third-order valence-electron chi connectivity index (χ3n) is 2.15. The number of hydrogen-bond acceptors (Lipinski definition) is 2. The molecule has 0 fully saturated rings. The summed E-state index contributed by atoms with van der Waals surface area (Å²) in [6, 6.07) is 0.